The monoisotopic (exact) mass is 236 g/mol. The minimum Gasteiger partial charge on any atom is -0.488 e. The van der Waals surface area contributed by atoms with Crippen molar-refractivity contribution < 1.29 is 4.74 Å². The van der Waals surface area contributed by atoms with E-state index in [-0.39, 0.29) is 5.60 Å². The van der Waals surface area contributed by atoms with Gasteiger partial charge in [0.25, 0.3) is 0 Å². The molecule has 0 radical (unpaired) electrons. The fraction of sp³-hybridized carbons (Fsp3) is 0.750. The first kappa shape index (κ1) is 14.3. The zero-order valence-corrected chi connectivity index (χ0v) is 12.7. The van der Waals surface area contributed by atoms with E-state index >= 15 is 0 Å². The Morgan fingerprint density at radius 3 is 1.94 bits per heavy atom. The van der Waals surface area contributed by atoms with Crippen LogP contribution in [0.3, 0.4) is 0 Å². The van der Waals surface area contributed by atoms with Crippen LogP contribution < -0.4 is 0 Å². The lowest BCUT2D eigenvalue weighted by Gasteiger charge is -2.38. The molecular formula is C16H28O. The molecule has 98 valence electrons. The van der Waals surface area contributed by atoms with Crippen molar-refractivity contribution in [3.63, 3.8) is 0 Å². The highest BCUT2D eigenvalue weighted by Crippen LogP contribution is 2.41. The maximum atomic E-state index is 5.97. The van der Waals surface area contributed by atoms with E-state index in [1.54, 1.807) is 0 Å². The van der Waals surface area contributed by atoms with Crippen molar-refractivity contribution in [3.05, 3.63) is 23.5 Å². The molecule has 1 aliphatic carbocycles. The van der Waals surface area contributed by atoms with Gasteiger partial charge in [0.05, 0.1) is 0 Å². The van der Waals surface area contributed by atoms with Crippen LogP contribution in [0.4, 0.5) is 0 Å². The van der Waals surface area contributed by atoms with E-state index in [0.717, 1.165) is 5.76 Å². The third-order valence-corrected chi connectivity index (χ3v) is 3.17. The van der Waals surface area contributed by atoms with Crippen LogP contribution >= 0.6 is 0 Å². The molecule has 1 aliphatic rings. The quantitative estimate of drug-likeness (QED) is 0.626. The molecule has 0 N–H and O–H groups in total. The van der Waals surface area contributed by atoms with Crippen LogP contribution in [-0.4, -0.2) is 5.60 Å². The Balaban J connectivity index is 2.92. The summed E-state index contributed by atoms with van der Waals surface area (Å²) in [4.78, 5) is 0. The van der Waals surface area contributed by atoms with Crippen LogP contribution in [0.15, 0.2) is 23.5 Å². The highest BCUT2D eigenvalue weighted by Gasteiger charge is 2.33. The van der Waals surface area contributed by atoms with E-state index in [4.69, 9.17) is 4.74 Å². The molecule has 0 spiro atoms. The predicted octanol–water partition coefficient (Wildman–Crippen LogP) is 4.94. The van der Waals surface area contributed by atoms with E-state index in [1.165, 1.54) is 5.57 Å². The molecule has 0 aromatic heterocycles. The van der Waals surface area contributed by atoms with Crippen molar-refractivity contribution in [2.75, 3.05) is 0 Å². The molecule has 0 saturated carbocycles. The summed E-state index contributed by atoms with van der Waals surface area (Å²) in [6, 6.07) is 0. The second-order valence-electron chi connectivity index (χ2n) is 7.37. The smallest absolute Gasteiger partial charge is 0.116 e. The maximum Gasteiger partial charge on any atom is 0.116 e. The Hall–Kier alpha value is -0.720. The van der Waals surface area contributed by atoms with Crippen LogP contribution in [-0.2, 0) is 4.74 Å². The summed E-state index contributed by atoms with van der Waals surface area (Å²) in [5.74, 6) is 2.18. The molecule has 0 heterocycles. The van der Waals surface area contributed by atoms with Crippen molar-refractivity contribution in [2.24, 2.45) is 17.3 Å². The van der Waals surface area contributed by atoms with Gasteiger partial charge in [-0.3, -0.25) is 0 Å². The van der Waals surface area contributed by atoms with Gasteiger partial charge in [-0.2, -0.15) is 0 Å². The fourth-order valence-corrected chi connectivity index (χ4v) is 3.02. The summed E-state index contributed by atoms with van der Waals surface area (Å²) in [6.07, 6.45) is 4.48. The number of hydrogen-bond donors (Lipinski definition) is 0. The van der Waals surface area contributed by atoms with Crippen molar-refractivity contribution in [1.29, 1.82) is 0 Å². The Bertz CT molecular complexity index is 334. The first-order chi connectivity index (χ1) is 7.50. The number of allylic oxidation sites excluding steroid dienone is 3. The summed E-state index contributed by atoms with van der Waals surface area (Å²) in [5.41, 5.74) is 1.63. The van der Waals surface area contributed by atoms with Crippen LogP contribution in [0.1, 0.15) is 55.4 Å². The van der Waals surface area contributed by atoms with Crippen LogP contribution in [0, 0.1) is 17.3 Å². The third-order valence-electron chi connectivity index (χ3n) is 3.17. The number of hydrogen-bond acceptors (Lipinski definition) is 1. The van der Waals surface area contributed by atoms with Gasteiger partial charge in [0.15, 0.2) is 0 Å². The summed E-state index contributed by atoms with van der Waals surface area (Å²) < 4.78 is 5.97. The molecule has 2 unspecified atom stereocenters. The van der Waals surface area contributed by atoms with E-state index in [9.17, 15) is 0 Å². The lowest BCUT2D eigenvalue weighted by molar-refractivity contribution is 0.0555. The summed E-state index contributed by atoms with van der Waals surface area (Å²) in [5, 5.41) is 0. The molecule has 2 atom stereocenters. The lowest BCUT2D eigenvalue weighted by Crippen LogP contribution is -2.30. The van der Waals surface area contributed by atoms with Crippen molar-refractivity contribution >= 4 is 0 Å². The largest absolute Gasteiger partial charge is 0.488 e. The highest BCUT2D eigenvalue weighted by molar-refractivity contribution is 5.28. The van der Waals surface area contributed by atoms with E-state index in [1.807, 2.05) is 0 Å². The zero-order valence-electron chi connectivity index (χ0n) is 12.7. The second-order valence-corrected chi connectivity index (χ2v) is 7.37. The molecule has 1 heteroatoms. The van der Waals surface area contributed by atoms with Gasteiger partial charge in [0, 0.05) is 0 Å². The first-order valence-corrected chi connectivity index (χ1v) is 6.60. The van der Waals surface area contributed by atoms with Crippen LogP contribution in [0.25, 0.3) is 0 Å². The van der Waals surface area contributed by atoms with Gasteiger partial charge in [-0.15, -0.1) is 0 Å². The molecular weight excluding hydrogens is 208 g/mol. The Kier molecular flexibility index (Phi) is 3.81. The van der Waals surface area contributed by atoms with E-state index < -0.39 is 0 Å². The standard InChI is InChI=1S/C16H28O/c1-11-9-13(17-16(6,7)8)10-12(2)14(11)15(3,4)5/h9-11,14H,1-8H3. The second kappa shape index (κ2) is 4.51. The van der Waals surface area contributed by atoms with Crippen LogP contribution in [0.2, 0.25) is 0 Å². The third kappa shape index (κ3) is 3.90. The van der Waals surface area contributed by atoms with Crippen molar-refractivity contribution in [3.8, 4) is 0 Å². The summed E-state index contributed by atoms with van der Waals surface area (Å²) in [6.45, 7) is 17.7. The molecule has 17 heavy (non-hydrogen) atoms. The average molecular weight is 236 g/mol. The number of rotatable bonds is 1. The average Bonchev–Trinajstić information content (AvgIpc) is 1.94. The van der Waals surface area contributed by atoms with Gasteiger partial charge in [-0.05, 0) is 57.1 Å². The normalized spacial score (nSPS) is 26.4. The van der Waals surface area contributed by atoms with Gasteiger partial charge >= 0.3 is 0 Å². The Morgan fingerprint density at radius 2 is 1.59 bits per heavy atom. The van der Waals surface area contributed by atoms with Gasteiger partial charge in [0.1, 0.15) is 11.4 Å². The lowest BCUT2D eigenvalue weighted by atomic mass is 9.68. The van der Waals surface area contributed by atoms with E-state index in [0.29, 0.717) is 17.3 Å². The molecule has 0 aromatic carbocycles. The topological polar surface area (TPSA) is 9.23 Å². The molecule has 1 rings (SSSR count). The van der Waals surface area contributed by atoms with Gasteiger partial charge in [0.2, 0.25) is 0 Å². The molecule has 1 nitrogen and oxygen atoms in total. The maximum absolute atomic E-state index is 5.97. The minimum absolute atomic E-state index is 0.114. The zero-order chi connectivity index (χ0) is 13.4. The van der Waals surface area contributed by atoms with Gasteiger partial charge in [-0.1, -0.05) is 33.3 Å². The predicted molar refractivity (Wildman–Crippen MR) is 74.8 cm³/mol. The Labute approximate surface area is 107 Å². The summed E-state index contributed by atoms with van der Waals surface area (Å²) in [7, 11) is 0. The molecule has 0 amide bonds. The van der Waals surface area contributed by atoms with Gasteiger partial charge in [-0.25, -0.2) is 0 Å². The fourth-order valence-electron chi connectivity index (χ4n) is 3.02. The highest BCUT2D eigenvalue weighted by atomic mass is 16.5. The molecule has 0 bridgehead atoms. The Morgan fingerprint density at radius 1 is 1.06 bits per heavy atom. The van der Waals surface area contributed by atoms with E-state index in [2.05, 4.69) is 67.5 Å². The molecule has 0 saturated heterocycles. The van der Waals surface area contributed by atoms with Crippen molar-refractivity contribution in [1.82, 2.24) is 0 Å². The van der Waals surface area contributed by atoms with Gasteiger partial charge < -0.3 is 4.74 Å². The number of ether oxygens (including phenoxy) is 1. The van der Waals surface area contributed by atoms with Crippen molar-refractivity contribution in [2.45, 2.75) is 61.0 Å². The first-order valence-electron chi connectivity index (χ1n) is 6.60. The molecule has 0 fully saturated rings. The minimum atomic E-state index is -0.114. The molecule has 0 aliphatic heterocycles. The molecule has 0 aromatic rings. The SMILES string of the molecule is CC1=CC(OC(C)(C)C)=CC(C)C1C(C)(C)C. The summed E-state index contributed by atoms with van der Waals surface area (Å²) >= 11 is 0. The van der Waals surface area contributed by atoms with Crippen LogP contribution in [0.5, 0.6) is 0 Å².